The highest BCUT2D eigenvalue weighted by atomic mass is 32.2. The average Bonchev–Trinajstić information content (AvgIpc) is 2.99. The first-order valence-electron chi connectivity index (χ1n) is 8.37. The topological polar surface area (TPSA) is 47.2 Å². The number of fused-ring (bicyclic) bond motifs is 1. The zero-order chi connectivity index (χ0) is 17.5. The van der Waals surface area contributed by atoms with E-state index in [0.717, 1.165) is 22.3 Å². The lowest BCUT2D eigenvalue weighted by molar-refractivity contribution is 0.147. The SMILES string of the molecule is CC(C)CN(Cn1c(=S)n(C)c2ccccc21)C1CCS(=O)(=O)C1. The van der Waals surface area contributed by atoms with Crippen molar-refractivity contribution < 1.29 is 8.42 Å². The van der Waals surface area contributed by atoms with Gasteiger partial charge in [0.2, 0.25) is 0 Å². The summed E-state index contributed by atoms with van der Waals surface area (Å²) in [7, 11) is -0.918. The van der Waals surface area contributed by atoms with Gasteiger partial charge in [-0.05, 0) is 36.7 Å². The monoisotopic (exact) mass is 367 g/mol. The van der Waals surface area contributed by atoms with Crippen LogP contribution < -0.4 is 0 Å². The maximum absolute atomic E-state index is 11.9. The predicted octanol–water partition coefficient (Wildman–Crippen LogP) is 2.81. The Morgan fingerprint density at radius 1 is 1.29 bits per heavy atom. The Balaban J connectivity index is 1.96. The molecule has 132 valence electrons. The number of nitrogens with zero attached hydrogens (tertiary/aromatic N) is 3. The van der Waals surface area contributed by atoms with Crippen molar-refractivity contribution in [3.8, 4) is 0 Å². The lowest BCUT2D eigenvalue weighted by atomic mass is 10.1. The van der Waals surface area contributed by atoms with Crippen molar-refractivity contribution in [2.75, 3.05) is 18.1 Å². The van der Waals surface area contributed by atoms with Gasteiger partial charge in [0.1, 0.15) is 0 Å². The van der Waals surface area contributed by atoms with Crippen molar-refractivity contribution in [2.24, 2.45) is 13.0 Å². The predicted molar refractivity (Wildman–Crippen MR) is 100 cm³/mol. The molecule has 0 aliphatic carbocycles. The summed E-state index contributed by atoms with van der Waals surface area (Å²) in [5.74, 6) is 1.03. The molecule has 7 heteroatoms. The van der Waals surface area contributed by atoms with Gasteiger partial charge in [-0.25, -0.2) is 8.42 Å². The Morgan fingerprint density at radius 2 is 1.96 bits per heavy atom. The van der Waals surface area contributed by atoms with Crippen LogP contribution >= 0.6 is 12.2 Å². The number of para-hydroxylation sites is 2. The molecule has 0 N–H and O–H groups in total. The molecule has 2 aromatic rings. The lowest BCUT2D eigenvalue weighted by Crippen LogP contribution is -2.40. The van der Waals surface area contributed by atoms with E-state index in [2.05, 4.69) is 35.4 Å². The fourth-order valence-electron chi connectivity index (χ4n) is 3.54. The van der Waals surface area contributed by atoms with Crippen molar-refractivity contribution in [3.63, 3.8) is 0 Å². The number of hydrogen-bond acceptors (Lipinski definition) is 4. The Hall–Kier alpha value is -1.18. The van der Waals surface area contributed by atoms with E-state index in [4.69, 9.17) is 12.2 Å². The number of benzene rings is 1. The molecule has 1 aromatic carbocycles. The van der Waals surface area contributed by atoms with Crippen molar-refractivity contribution in [2.45, 2.75) is 33.0 Å². The number of rotatable bonds is 5. The fourth-order valence-corrected chi connectivity index (χ4v) is 5.55. The Labute approximate surface area is 148 Å². The van der Waals surface area contributed by atoms with Crippen molar-refractivity contribution in [1.29, 1.82) is 0 Å². The lowest BCUT2D eigenvalue weighted by Gasteiger charge is -2.30. The number of aryl methyl sites for hydroxylation is 1. The number of sulfone groups is 1. The van der Waals surface area contributed by atoms with E-state index in [9.17, 15) is 8.42 Å². The van der Waals surface area contributed by atoms with Gasteiger partial charge >= 0.3 is 0 Å². The molecule has 1 unspecified atom stereocenters. The van der Waals surface area contributed by atoms with Crippen LogP contribution in [0.2, 0.25) is 0 Å². The molecule has 2 heterocycles. The van der Waals surface area contributed by atoms with Crippen molar-refractivity contribution in [1.82, 2.24) is 14.0 Å². The summed E-state index contributed by atoms with van der Waals surface area (Å²) in [4.78, 5) is 2.29. The van der Waals surface area contributed by atoms with Crippen molar-refractivity contribution >= 4 is 33.1 Å². The molecular weight excluding hydrogens is 342 g/mol. The second-order valence-corrected chi connectivity index (χ2v) is 9.72. The third-order valence-electron chi connectivity index (χ3n) is 4.70. The van der Waals surface area contributed by atoms with Gasteiger partial charge < -0.3 is 9.13 Å². The van der Waals surface area contributed by atoms with E-state index in [1.165, 1.54) is 0 Å². The zero-order valence-corrected chi connectivity index (χ0v) is 16.1. The molecule has 1 atom stereocenters. The van der Waals surface area contributed by atoms with Gasteiger partial charge in [0.25, 0.3) is 0 Å². The minimum absolute atomic E-state index is 0.0817. The highest BCUT2D eigenvalue weighted by Crippen LogP contribution is 2.22. The molecule has 0 saturated carbocycles. The molecule has 3 rings (SSSR count). The van der Waals surface area contributed by atoms with Crippen LogP contribution in [-0.4, -0.2) is 46.5 Å². The van der Waals surface area contributed by atoms with E-state index in [1.54, 1.807) is 0 Å². The van der Waals surface area contributed by atoms with Gasteiger partial charge in [-0.3, -0.25) is 4.90 Å². The minimum atomic E-state index is -2.90. The summed E-state index contributed by atoms with van der Waals surface area (Å²) in [5.41, 5.74) is 2.20. The molecule has 0 bridgehead atoms. The van der Waals surface area contributed by atoms with Gasteiger partial charge in [-0.1, -0.05) is 26.0 Å². The molecule has 1 saturated heterocycles. The molecule has 1 aliphatic rings. The van der Waals surface area contributed by atoms with Gasteiger partial charge in [-0.15, -0.1) is 0 Å². The van der Waals surface area contributed by atoms with Crippen LogP contribution in [0, 0.1) is 10.7 Å². The molecule has 0 amide bonds. The summed E-state index contributed by atoms with van der Waals surface area (Å²) in [6.45, 7) is 5.83. The van der Waals surface area contributed by atoms with E-state index in [-0.39, 0.29) is 11.8 Å². The highest BCUT2D eigenvalue weighted by Gasteiger charge is 2.32. The van der Waals surface area contributed by atoms with Crippen molar-refractivity contribution in [3.05, 3.63) is 29.0 Å². The summed E-state index contributed by atoms with van der Waals surface area (Å²) >= 11 is 5.63. The summed E-state index contributed by atoms with van der Waals surface area (Å²) in [6, 6.07) is 8.24. The smallest absolute Gasteiger partial charge is 0.181 e. The number of hydrogen-bond donors (Lipinski definition) is 0. The maximum Gasteiger partial charge on any atom is 0.181 e. The van der Waals surface area contributed by atoms with Gasteiger partial charge in [0.05, 0.1) is 29.2 Å². The highest BCUT2D eigenvalue weighted by molar-refractivity contribution is 7.91. The first-order valence-corrected chi connectivity index (χ1v) is 10.6. The number of imidazole rings is 1. The summed E-state index contributed by atoms with van der Waals surface area (Å²) in [5, 5.41) is 0. The molecule has 1 fully saturated rings. The third-order valence-corrected chi connectivity index (χ3v) is 6.94. The Bertz CT molecular complexity index is 896. The van der Waals surface area contributed by atoms with E-state index in [1.807, 2.05) is 23.7 Å². The zero-order valence-electron chi connectivity index (χ0n) is 14.5. The van der Waals surface area contributed by atoms with Crippen LogP contribution in [0.4, 0.5) is 0 Å². The third kappa shape index (κ3) is 3.43. The van der Waals surface area contributed by atoms with Crippen LogP contribution in [0.5, 0.6) is 0 Å². The van der Waals surface area contributed by atoms with Crippen LogP contribution in [0.25, 0.3) is 11.0 Å². The molecule has 24 heavy (non-hydrogen) atoms. The quantitative estimate of drug-likeness (QED) is 0.763. The number of aromatic nitrogens is 2. The molecule has 1 aromatic heterocycles. The van der Waals surface area contributed by atoms with Gasteiger partial charge in [0, 0.05) is 19.6 Å². The molecular formula is C17H25N3O2S2. The first-order chi connectivity index (χ1) is 11.3. The normalized spacial score (nSPS) is 20.5. The molecule has 0 spiro atoms. The van der Waals surface area contributed by atoms with Crippen LogP contribution in [0.1, 0.15) is 20.3 Å². The molecule has 5 nitrogen and oxygen atoms in total. The van der Waals surface area contributed by atoms with Gasteiger partial charge in [0.15, 0.2) is 14.6 Å². The second-order valence-electron chi connectivity index (χ2n) is 7.12. The van der Waals surface area contributed by atoms with E-state index < -0.39 is 9.84 Å². The van der Waals surface area contributed by atoms with Gasteiger partial charge in [-0.2, -0.15) is 0 Å². The van der Waals surface area contributed by atoms with E-state index in [0.29, 0.717) is 24.8 Å². The van der Waals surface area contributed by atoms with E-state index >= 15 is 0 Å². The largest absolute Gasteiger partial charge is 0.320 e. The van der Waals surface area contributed by atoms with Crippen LogP contribution in [0.15, 0.2) is 24.3 Å². The van der Waals surface area contributed by atoms with Crippen LogP contribution in [-0.2, 0) is 23.6 Å². The standard InChI is InChI=1S/C17H25N3O2S2/c1-13(2)10-19(14-8-9-24(21,22)11-14)12-20-16-7-5-4-6-15(16)18(3)17(20)23/h4-7,13-14H,8-12H2,1-3H3. The Kier molecular flexibility index (Phi) is 4.86. The Morgan fingerprint density at radius 3 is 2.54 bits per heavy atom. The fraction of sp³-hybridized carbons (Fsp3) is 0.588. The first kappa shape index (κ1) is 17.6. The maximum atomic E-state index is 11.9. The second kappa shape index (κ2) is 6.61. The summed E-state index contributed by atoms with van der Waals surface area (Å²) in [6.07, 6.45) is 0.715. The van der Waals surface area contributed by atoms with Crippen LogP contribution in [0.3, 0.4) is 0 Å². The molecule has 0 radical (unpaired) electrons. The molecule has 1 aliphatic heterocycles. The minimum Gasteiger partial charge on any atom is -0.320 e. The average molecular weight is 368 g/mol. The summed E-state index contributed by atoms with van der Waals surface area (Å²) < 4.78 is 28.7.